The molecular formula is C40H51N7O2. The van der Waals surface area contributed by atoms with Gasteiger partial charge in [-0.25, -0.2) is 15.0 Å². The van der Waals surface area contributed by atoms with Gasteiger partial charge in [0.2, 0.25) is 5.91 Å². The van der Waals surface area contributed by atoms with E-state index in [1.165, 1.54) is 5.57 Å². The summed E-state index contributed by atoms with van der Waals surface area (Å²) < 4.78 is 0. The van der Waals surface area contributed by atoms with Gasteiger partial charge in [0.1, 0.15) is 5.76 Å². The van der Waals surface area contributed by atoms with Gasteiger partial charge in [0.25, 0.3) is 0 Å². The monoisotopic (exact) mass is 661 g/mol. The van der Waals surface area contributed by atoms with Crippen LogP contribution < -0.4 is 21.7 Å². The molecule has 0 aromatic rings. The Morgan fingerprint density at radius 1 is 1.02 bits per heavy atom. The van der Waals surface area contributed by atoms with Gasteiger partial charge < -0.3 is 26.8 Å². The van der Waals surface area contributed by atoms with Crippen LogP contribution in [-0.2, 0) is 4.79 Å². The van der Waals surface area contributed by atoms with Crippen LogP contribution in [0.2, 0.25) is 0 Å². The summed E-state index contributed by atoms with van der Waals surface area (Å²) >= 11 is 0. The lowest BCUT2D eigenvalue weighted by Gasteiger charge is -2.18. The Kier molecular flexibility index (Phi) is 10.3. The average Bonchev–Trinajstić information content (AvgIpc) is 3.83. The van der Waals surface area contributed by atoms with E-state index in [1.807, 2.05) is 13.0 Å². The summed E-state index contributed by atoms with van der Waals surface area (Å²) in [5.41, 5.74) is 20.0. The third-order valence-electron chi connectivity index (χ3n) is 10.6. The van der Waals surface area contributed by atoms with Crippen LogP contribution >= 0.6 is 0 Å². The molecule has 1 amide bonds. The van der Waals surface area contributed by atoms with Crippen molar-refractivity contribution in [3.63, 3.8) is 0 Å². The largest absolute Gasteiger partial charge is 0.511 e. The zero-order valence-electron chi connectivity index (χ0n) is 29.7. The van der Waals surface area contributed by atoms with Crippen LogP contribution in [0, 0.1) is 11.8 Å². The molecule has 0 unspecified atom stereocenters. The molecule has 258 valence electrons. The minimum absolute atomic E-state index is 0.0449. The highest BCUT2D eigenvalue weighted by atomic mass is 16.3. The zero-order chi connectivity index (χ0) is 34.8. The van der Waals surface area contributed by atoms with Crippen LogP contribution in [0.4, 0.5) is 0 Å². The second kappa shape index (κ2) is 14.6. The molecule has 2 atom stereocenters. The van der Waals surface area contributed by atoms with Crippen LogP contribution in [0.5, 0.6) is 0 Å². The molecule has 6 aliphatic rings. The fourth-order valence-electron chi connectivity index (χ4n) is 7.72. The Morgan fingerprint density at radius 3 is 2.53 bits per heavy atom. The number of aliphatic imine (C=N–C) groups is 3. The molecular weight excluding hydrogens is 610 g/mol. The maximum atomic E-state index is 13.0. The van der Waals surface area contributed by atoms with Crippen LogP contribution in [-0.4, -0.2) is 54.3 Å². The molecule has 5 aliphatic heterocycles. The number of aliphatic hydroxyl groups excluding tert-OH is 1. The molecule has 0 spiro atoms. The van der Waals surface area contributed by atoms with Gasteiger partial charge in [-0.2, -0.15) is 0 Å². The summed E-state index contributed by atoms with van der Waals surface area (Å²) in [6, 6.07) is 0. The highest BCUT2D eigenvalue weighted by molar-refractivity contribution is 6.21. The van der Waals surface area contributed by atoms with Crippen molar-refractivity contribution < 1.29 is 9.90 Å². The Morgan fingerprint density at radius 2 is 1.78 bits per heavy atom. The first kappa shape index (κ1) is 34.5. The van der Waals surface area contributed by atoms with Crippen molar-refractivity contribution in [1.29, 1.82) is 0 Å². The Hall–Kier alpha value is -4.34. The molecule has 9 heteroatoms. The number of allylic oxidation sites excluding steroid dienone is 12. The average molecular weight is 662 g/mol. The number of nitrogens with zero attached hydrogens (tertiary/aromatic N) is 3. The summed E-state index contributed by atoms with van der Waals surface area (Å²) in [6.45, 7) is 17.9. The first-order chi connectivity index (χ1) is 23.7. The quantitative estimate of drug-likeness (QED) is 0.144. The van der Waals surface area contributed by atoms with Crippen molar-refractivity contribution in [2.24, 2.45) is 32.5 Å². The summed E-state index contributed by atoms with van der Waals surface area (Å²) in [5, 5.41) is 21.6. The molecule has 6 rings (SSSR count). The molecule has 0 aromatic carbocycles. The van der Waals surface area contributed by atoms with E-state index in [1.54, 1.807) is 0 Å². The molecule has 1 aliphatic carbocycles. The Bertz CT molecular complexity index is 1820. The number of hydrogen-bond acceptors (Lipinski definition) is 8. The minimum Gasteiger partial charge on any atom is -0.511 e. The molecule has 1 fully saturated rings. The van der Waals surface area contributed by atoms with Crippen LogP contribution in [0.25, 0.3) is 0 Å². The van der Waals surface area contributed by atoms with Gasteiger partial charge in [-0.1, -0.05) is 26.5 Å². The van der Waals surface area contributed by atoms with E-state index in [-0.39, 0.29) is 17.7 Å². The summed E-state index contributed by atoms with van der Waals surface area (Å²) in [4.78, 5) is 28.4. The SMILES string of the molecule is C=CC1=C(C)C2=NC1=CC1=NC(=CC3=C(C)C4=C(O)CC(=C5NC(=C2)[C@@H](C)[C@@H]5CCC(=O)NCCCNCCCCN)C4=N3)C(CC)=C1C. The minimum atomic E-state index is 0.0449. The smallest absolute Gasteiger partial charge is 0.220 e. The maximum Gasteiger partial charge on any atom is 0.220 e. The second-order valence-corrected chi connectivity index (χ2v) is 13.7. The highest BCUT2D eigenvalue weighted by Gasteiger charge is 2.41. The molecule has 49 heavy (non-hydrogen) atoms. The number of fused-ring (bicyclic) bond motifs is 5. The molecule has 6 N–H and O–H groups in total. The van der Waals surface area contributed by atoms with E-state index < -0.39 is 0 Å². The predicted octanol–water partition coefficient (Wildman–Crippen LogP) is 6.46. The van der Waals surface area contributed by atoms with Crippen LogP contribution in [0.3, 0.4) is 0 Å². The fraction of sp³-hybridized carbons (Fsp3) is 0.450. The lowest BCUT2D eigenvalue weighted by molar-refractivity contribution is -0.121. The lowest BCUT2D eigenvalue weighted by atomic mass is 9.86. The molecule has 0 radical (unpaired) electrons. The lowest BCUT2D eigenvalue weighted by Crippen LogP contribution is -2.28. The van der Waals surface area contributed by atoms with Crippen molar-refractivity contribution in [3.8, 4) is 0 Å². The first-order valence-corrected chi connectivity index (χ1v) is 17.9. The molecule has 5 heterocycles. The summed E-state index contributed by atoms with van der Waals surface area (Å²) in [7, 11) is 0. The van der Waals surface area contributed by atoms with Gasteiger partial charge in [-0.05, 0) is 113 Å². The van der Waals surface area contributed by atoms with Crippen molar-refractivity contribution in [3.05, 3.63) is 104 Å². The fourth-order valence-corrected chi connectivity index (χ4v) is 7.72. The Balaban J connectivity index is 1.33. The van der Waals surface area contributed by atoms with E-state index in [9.17, 15) is 9.90 Å². The van der Waals surface area contributed by atoms with Gasteiger partial charge in [-0.3, -0.25) is 4.79 Å². The van der Waals surface area contributed by atoms with E-state index in [0.717, 1.165) is 124 Å². The van der Waals surface area contributed by atoms with Gasteiger partial charge in [-0.15, -0.1) is 0 Å². The summed E-state index contributed by atoms with van der Waals surface area (Å²) in [6.07, 6.45) is 13.5. The zero-order valence-corrected chi connectivity index (χ0v) is 29.7. The normalized spacial score (nSPS) is 22.8. The number of nitrogens with two attached hydrogens (primary N) is 1. The maximum absolute atomic E-state index is 13.0. The van der Waals surface area contributed by atoms with Crippen molar-refractivity contribution in [2.45, 2.75) is 79.6 Å². The number of nitrogens with one attached hydrogen (secondary N) is 3. The number of amides is 1. The third-order valence-corrected chi connectivity index (χ3v) is 10.6. The van der Waals surface area contributed by atoms with Gasteiger partial charge in [0.05, 0.1) is 34.2 Å². The topological polar surface area (TPSA) is 136 Å². The Labute approximate surface area is 290 Å². The standard InChI is InChI=1S/C40H51N7O2/c1-7-26-22(3)30-19-32-24(5)28(12-13-37(49)43-17-11-16-42-15-10-9-14-41)39(46-32)29-18-36(48)38-25(6)33(47-40(29)38)21-35-27(8-2)23(4)31(45-35)20-34(26)44-30/h7,19-21,24,28,42,46,48H,1,8-18,41H2,2-6H3,(H,43,49)/t24-,28-/m0/s1. The van der Waals surface area contributed by atoms with E-state index in [4.69, 9.17) is 20.7 Å². The number of rotatable bonds is 13. The number of hydrogen-bond donors (Lipinski definition) is 5. The number of unbranched alkanes of at least 4 members (excludes halogenated alkanes) is 1. The molecule has 8 bridgehead atoms. The number of carbonyl (C=O) groups is 1. The first-order valence-electron chi connectivity index (χ1n) is 17.9. The number of aliphatic hydroxyl groups is 1. The third kappa shape index (κ3) is 6.66. The van der Waals surface area contributed by atoms with Crippen LogP contribution in [0.1, 0.15) is 79.6 Å². The van der Waals surface area contributed by atoms with Gasteiger partial charge in [0, 0.05) is 59.3 Å². The number of carbonyl (C=O) groups excluding carboxylic acids is 1. The van der Waals surface area contributed by atoms with Crippen LogP contribution in [0.15, 0.2) is 119 Å². The van der Waals surface area contributed by atoms with Crippen molar-refractivity contribution in [1.82, 2.24) is 16.0 Å². The summed E-state index contributed by atoms with van der Waals surface area (Å²) in [5.74, 6) is 0.543. The highest BCUT2D eigenvalue weighted by Crippen LogP contribution is 2.46. The predicted molar refractivity (Wildman–Crippen MR) is 200 cm³/mol. The molecule has 9 nitrogen and oxygen atoms in total. The van der Waals surface area contributed by atoms with E-state index >= 15 is 0 Å². The van der Waals surface area contributed by atoms with Crippen molar-refractivity contribution >= 4 is 23.0 Å². The molecule has 1 saturated heterocycles. The molecule has 0 saturated carbocycles. The van der Waals surface area contributed by atoms with Crippen molar-refractivity contribution in [2.75, 3.05) is 26.2 Å². The second-order valence-electron chi connectivity index (χ2n) is 13.7. The van der Waals surface area contributed by atoms with E-state index in [2.05, 4.69) is 68.5 Å². The molecule has 0 aromatic heterocycles. The van der Waals surface area contributed by atoms with E-state index in [0.29, 0.717) is 31.6 Å². The van der Waals surface area contributed by atoms with Gasteiger partial charge >= 0.3 is 0 Å². The van der Waals surface area contributed by atoms with Gasteiger partial charge in [0.15, 0.2) is 0 Å².